The summed E-state index contributed by atoms with van der Waals surface area (Å²) in [4.78, 5) is 2.22. The van der Waals surface area contributed by atoms with Crippen molar-refractivity contribution < 1.29 is 8.42 Å². The molecule has 2 rings (SSSR count). The number of anilines is 1. The van der Waals surface area contributed by atoms with Crippen LogP contribution >= 0.6 is 0 Å². The number of benzene rings is 1. The van der Waals surface area contributed by atoms with Crippen molar-refractivity contribution in [3.8, 4) is 0 Å². The molecule has 0 amide bonds. The van der Waals surface area contributed by atoms with Crippen molar-refractivity contribution in [1.29, 1.82) is 0 Å². The molecule has 0 bridgehead atoms. The molecule has 1 aliphatic heterocycles. The zero-order valence-corrected chi connectivity index (χ0v) is 8.71. The molecule has 0 radical (unpaired) electrons. The molecule has 4 nitrogen and oxygen atoms in total. The van der Waals surface area contributed by atoms with Gasteiger partial charge in [-0.05, 0) is 24.1 Å². The van der Waals surface area contributed by atoms with Crippen LogP contribution in [0.15, 0.2) is 23.1 Å². The lowest BCUT2D eigenvalue weighted by Crippen LogP contribution is -2.15. The first-order valence-corrected chi connectivity index (χ1v) is 5.90. The first-order chi connectivity index (χ1) is 6.48. The summed E-state index contributed by atoms with van der Waals surface area (Å²) >= 11 is 0. The SMILES string of the molecule is CN1CCc2ccc(S(N)(=O)=O)cc21. The fourth-order valence-electron chi connectivity index (χ4n) is 1.70. The van der Waals surface area contributed by atoms with E-state index in [9.17, 15) is 8.42 Å². The van der Waals surface area contributed by atoms with Gasteiger partial charge in [-0.1, -0.05) is 6.07 Å². The van der Waals surface area contributed by atoms with E-state index in [0.717, 1.165) is 18.7 Å². The van der Waals surface area contributed by atoms with Crippen molar-refractivity contribution in [2.45, 2.75) is 11.3 Å². The molecule has 1 aromatic rings. The number of nitrogens with zero attached hydrogens (tertiary/aromatic N) is 1. The van der Waals surface area contributed by atoms with E-state index >= 15 is 0 Å². The predicted molar refractivity (Wildman–Crippen MR) is 54.8 cm³/mol. The summed E-state index contributed by atoms with van der Waals surface area (Å²) in [5.41, 5.74) is 2.15. The third-order valence-electron chi connectivity index (χ3n) is 2.51. The Kier molecular flexibility index (Phi) is 2.01. The fourth-order valence-corrected chi connectivity index (χ4v) is 2.23. The number of nitrogens with two attached hydrogens (primary N) is 1. The van der Waals surface area contributed by atoms with Crippen LogP contribution in [0.1, 0.15) is 5.56 Å². The first-order valence-electron chi connectivity index (χ1n) is 4.35. The quantitative estimate of drug-likeness (QED) is 0.729. The van der Waals surface area contributed by atoms with Crippen LogP contribution in [0.3, 0.4) is 0 Å². The van der Waals surface area contributed by atoms with Gasteiger partial charge in [0.15, 0.2) is 0 Å². The van der Waals surface area contributed by atoms with E-state index in [1.54, 1.807) is 12.1 Å². The summed E-state index contributed by atoms with van der Waals surface area (Å²) in [6.45, 7) is 0.934. The molecule has 14 heavy (non-hydrogen) atoms. The van der Waals surface area contributed by atoms with Crippen molar-refractivity contribution in [2.75, 3.05) is 18.5 Å². The molecule has 0 saturated heterocycles. The Morgan fingerprint density at radius 1 is 1.43 bits per heavy atom. The molecule has 1 aromatic carbocycles. The molecule has 1 aliphatic rings. The minimum atomic E-state index is -3.57. The highest BCUT2D eigenvalue weighted by Crippen LogP contribution is 2.28. The maximum atomic E-state index is 11.1. The zero-order chi connectivity index (χ0) is 10.3. The second-order valence-electron chi connectivity index (χ2n) is 3.51. The highest BCUT2D eigenvalue weighted by atomic mass is 32.2. The second kappa shape index (κ2) is 2.96. The predicted octanol–water partition coefficient (Wildman–Crippen LogP) is 0.326. The molecule has 76 valence electrons. The smallest absolute Gasteiger partial charge is 0.238 e. The molecule has 1 heterocycles. The van der Waals surface area contributed by atoms with Crippen molar-refractivity contribution >= 4 is 15.7 Å². The van der Waals surface area contributed by atoms with Gasteiger partial charge in [0.05, 0.1) is 4.90 Å². The minimum Gasteiger partial charge on any atom is -0.374 e. The normalized spacial score (nSPS) is 15.7. The summed E-state index contributed by atoms with van der Waals surface area (Å²) in [6, 6.07) is 5.03. The highest BCUT2D eigenvalue weighted by Gasteiger charge is 2.18. The number of primary sulfonamides is 1. The molecule has 0 fully saturated rings. The first kappa shape index (κ1) is 9.48. The van der Waals surface area contributed by atoms with E-state index in [1.807, 2.05) is 18.0 Å². The van der Waals surface area contributed by atoms with Crippen molar-refractivity contribution in [2.24, 2.45) is 5.14 Å². The summed E-state index contributed by atoms with van der Waals surface area (Å²) in [5.74, 6) is 0. The van der Waals surface area contributed by atoms with E-state index in [4.69, 9.17) is 5.14 Å². The average molecular weight is 212 g/mol. The molecule has 0 aliphatic carbocycles. The molecular weight excluding hydrogens is 200 g/mol. The number of hydrogen-bond acceptors (Lipinski definition) is 3. The summed E-state index contributed by atoms with van der Waals surface area (Å²) in [6.07, 6.45) is 0.969. The Morgan fingerprint density at radius 2 is 2.14 bits per heavy atom. The van der Waals surface area contributed by atoms with Gasteiger partial charge in [0.2, 0.25) is 10.0 Å². The zero-order valence-electron chi connectivity index (χ0n) is 7.90. The van der Waals surface area contributed by atoms with Gasteiger partial charge in [-0.25, -0.2) is 13.6 Å². The van der Waals surface area contributed by atoms with E-state index < -0.39 is 10.0 Å². The lowest BCUT2D eigenvalue weighted by molar-refractivity contribution is 0.598. The number of rotatable bonds is 1. The Hall–Kier alpha value is -1.07. The van der Waals surface area contributed by atoms with Crippen LogP contribution in [-0.2, 0) is 16.4 Å². The third-order valence-corrected chi connectivity index (χ3v) is 3.42. The topological polar surface area (TPSA) is 63.4 Å². The monoisotopic (exact) mass is 212 g/mol. The van der Waals surface area contributed by atoms with Crippen LogP contribution in [-0.4, -0.2) is 22.0 Å². The standard InChI is InChI=1S/C9H12N2O2S/c1-11-5-4-7-2-3-8(6-9(7)11)14(10,12)13/h2-3,6H,4-5H2,1H3,(H2,10,12,13). The van der Waals surface area contributed by atoms with Gasteiger partial charge in [-0.2, -0.15) is 0 Å². The van der Waals surface area contributed by atoms with Crippen molar-refractivity contribution in [1.82, 2.24) is 0 Å². The van der Waals surface area contributed by atoms with Gasteiger partial charge in [0, 0.05) is 19.3 Å². The number of sulfonamides is 1. The van der Waals surface area contributed by atoms with E-state index in [0.29, 0.717) is 0 Å². The Balaban J connectivity index is 2.56. The van der Waals surface area contributed by atoms with Crippen LogP contribution in [0.5, 0.6) is 0 Å². The largest absolute Gasteiger partial charge is 0.374 e. The molecule has 0 atom stereocenters. The van der Waals surface area contributed by atoms with Crippen molar-refractivity contribution in [3.05, 3.63) is 23.8 Å². The third kappa shape index (κ3) is 1.49. The van der Waals surface area contributed by atoms with Gasteiger partial charge >= 0.3 is 0 Å². The molecule has 5 heteroatoms. The summed E-state index contributed by atoms with van der Waals surface area (Å²) < 4.78 is 22.2. The van der Waals surface area contributed by atoms with Crippen LogP contribution in [0.2, 0.25) is 0 Å². The molecule has 0 aromatic heterocycles. The maximum absolute atomic E-state index is 11.1. The van der Waals surface area contributed by atoms with Crippen molar-refractivity contribution in [3.63, 3.8) is 0 Å². The molecule has 0 unspecified atom stereocenters. The van der Waals surface area contributed by atoms with E-state index in [1.165, 1.54) is 5.56 Å². The molecule has 0 saturated carbocycles. The maximum Gasteiger partial charge on any atom is 0.238 e. The number of hydrogen-bond donors (Lipinski definition) is 1. The fraction of sp³-hybridized carbons (Fsp3) is 0.333. The number of fused-ring (bicyclic) bond motifs is 1. The summed E-state index contributed by atoms with van der Waals surface area (Å²) in [5, 5.41) is 5.05. The Bertz CT molecular complexity index is 468. The van der Waals surface area contributed by atoms with Gasteiger partial charge in [-0.3, -0.25) is 0 Å². The van der Waals surface area contributed by atoms with Crippen LogP contribution in [0, 0.1) is 0 Å². The minimum absolute atomic E-state index is 0.185. The molecule has 0 spiro atoms. The number of likely N-dealkylation sites (N-methyl/N-ethyl adjacent to an activating group) is 1. The van der Waals surface area contributed by atoms with E-state index in [-0.39, 0.29) is 4.90 Å². The lowest BCUT2D eigenvalue weighted by Gasteiger charge is -2.12. The van der Waals surface area contributed by atoms with E-state index in [2.05, 4.69) is 0 Å². The van der Waals surface area contributed by atoms with Crippen LogP contribution in [0.25, 0.3) is 0 Å². The molecular formula is C9H12N2O2S. The van der Waals surface area contributed by atoms with Gasteiger partial charge < -0.3 is 4.90 Å². The van der Waals surface area contributed by atoms with Crippen LogP contribution in [0.4, 0.5) is 5.69 Å². The highest BCUT2D eigenvalue weighted by molar-refractivity contribution is 7.89. The Labute approximate surface area is 83.4 Å². The summed E-state index contributed by atoms with van der Waals surface area (Å²) in [7, 11) is -1.63. The average Bonchev–Trinajstić information content (AvgIpc) is 2.46. The van der Waals surface area contributed by atoms with Gasteiger partial charge in [-0.15, -0.1) is 0 Å². The van der Waals surface area contributed by atoms with Crippen LogP contribution < -0.4 is 10.0 Å². The van der Waals surface area contributed by atoms with Gasteiger partial charge in [0.1, 0.15) is 0 Å². The van der Waals surface area contributed by atoms with Gasteiger partial charge in [0.25, 0.3) is 0 Å². The lowest BCUT2D eigenvalue weighted by atomic mass is 10.2. The Morgan fingerprint density at radius 3 is 2.79 bits per heavy atom. The molecule has 2 N–H and O–H groups in total. The second-order valence-corrected chi connectivity index (χ2v) is 5.07.